The van der Waals surface area contributed by atoms with Gasteiger partial charge in [0.1, 0.15) is 12.4 Å². The Labute approximate surface area is 158 Å². The summed E-state index contributed by atoms with van der Waals surface area (Å²) in [6.45, 7) is 10.7. The van der Waals surface area contributed by atoms with Gasteiger partial charge in [0.25, 0.3) is 0 Å². The van der Waals surface area contributed by atoms with E-state index in [0.717, 1.165) is 50.2 Å². The average molecular weight is 365 g/mol. The van der Waals surface area contributed by atoms with Gasteiger partial charge in [0.2, 0.25) is 0 Å². The lowest BCUT2D eigenvalue weighted by atomic mass is 10.0. The Balaban J connectivity index is 1.55. The van der Waals surface area contributed by atoms with E-state index in [1.54, 1.807) is 6.26 Å². The van der Waals surface area contributed by atoms with Crippen LogP contribution in [0.3, 0.4) is 0 Å². The van der Waals surface area contributed by atoms with E-state index in [9.17, 15) is 0 Å². The molecule has 6 heteroatoms. The third-order valence-electron chi connectivity index (χ3n) is 4.74. The predicted molar refractivity (Wildman–Crippen MR) is 106 cm³/mol. The lowest BCUT2D eigenvalue weighted by Gasteiger charge is -2.33. The van der Waals surface area contributed by atoms with Crippen molar-refractivity contribution in [2.75, 3.05) is 39.3 Å². The van der Waals surface area contributed by atoms with Crippen molar-refractivity contribution < 1.29 is 9.15 Å². The number of nitrogens with one attached hydrogen (secondary N) is 2. The van der Waals surface area contributed by atoms with E-state index in [0.29, 0.717) is 13.2 Å². The largest absolute Gasteiger partial charge is 0.467 e. The molecule has 0 spiro atoms. The van der Waals surface area contributed by atoms with Crippen LogP contribution in [0.15, 0.2) is 27.8 Å². The molecule has 148 valence electrons. The van der Waals surface area contributed by atoms with Crippen LogP contribution in [-0.4, -0.2) is 56.2 Å². The summed E-state index contributed by atoms with van der Waals surface area (Å²) in [6, 6.07) is 4.55. The lowest BCUT2D eigenvalue weighted by molar-refractivity contribution is 0.105. The predicted octanol–water partition coefficient (Wildman–Crippen LogP) is 3.01. The Morgan fingerprint density at radius 3 is 3.04 bits per heavy atom. The van der Waals surface area contributed by atoms with Crippen molar-refractivity contribution in [3.63, 3.8) is 0 Å². The number of aliphatic imine (C=N–C) groups is 1. The van der Waals surface area contributed by atoms with Gasteiger partial charge < -0.3 is 24.7 Å². The summed E-state index contributed by atoms with van der Waals surface area (Å²) in [4.78, 5) is 7.24. The number of nitrogens with zero attached hydrogens (tertiary/aromatic N) is 2. The topological polar surface area (TPSA) is 62.0 Å². The molecular formula is C20H36N4O2. The summed E-state index contributed by atoms with van der Waals surface area (Å²) in [5, 5.41) is 6.76. The number of ether oxygens (including phenoxy) is 1. The Morgan fingerprint density at radius 1 is 1.35 bits per heavy atom. The van der Waals surface area contributed by atoms with Gasteiger partial charge in [-0.2, -0.15) is 0 Å². The second-order valence-corrected chi connectivity index (χ2v) is 6.91. The number of guanidine groups is 1. The summed E-state index contributed by atoms with van der Waals surface area (Å²) in [5.74, 6) is 1.77. The molecule has 2 N–H and O–H groups in total. The molecule has 1 saturated heterocycles. The second-order valence-electron chi connectivity index (χ2n) is 6.91. The van der Waals surface area contributed by atoms with E-state index in [1.807, 2.05) is 12.1 Å². The lowest BCUT2D eigenvalue weighted by Crippen LogP contribution is -2.41. The van der Waals surface area contributed by atoms with Gasteiger partial charge in [0.15, 0.2) is 5.96 Å². The van der Waals surface area contributed by atoms with Crippen molar-refractivity contribution in [2.45, 2.75) is 58.6 Å². The molecule has 1 aliphatic heterocycles. The van der Waals surface area contributed by atoms with Gasteiger partial charge in [0.05, 0.1) is 6.26 Å². The summed E-state index contributed by atoms with van der Waals surface area (Å²) in [7, 11) is 0. The first kappa shape index (κ1) is 20.8. The van der Waals surface area contributed by atoms with Gasteiger partial charge in [-0.1, -0.05) is 6.42 Å². The standard InChI is InChI=1S/C20H36N4O2/c1-3-21-20(22-11-7-14-24-13-5-4-9-18(24)2)23-12-8-15-25-17-19-10-6-16-26-19/h6,10,16,18H,3-5,7-9,11-15,17H2,1-2H3,(H2,21,22,23). The SMILES string of the molecule is CCNC(=NCCCOCc1ccco1)NCCCN1CCCCC1C. The van der Waals surface area contributed by atoms with Crippen LogP contribution in [0, 0.1) is 0 Å². The molecule has 1 atom stereocenters. The van der Waals surface area contributed by atoms with E-state index < -0.39 is 0 Å². The first-order valence-electron chi connectivity index (χ1n) is 10.2. The number of likely N-dealkylation sites (tertiary alicyclic amines) is 1. The van der Waals surface area contributed by atoms with Crippen molar-refractivity contribution in [1.82, 2.24) is 15.5 Å². The number of furan rings is 1. The summed E-state index contributed by atoms with van der Waals surface area (Å²) >= 11 is 0. The normalized spacial score (nSPS) is 18.8. The van der Waals surface area contributed by atoms with E-state index >= 15 is 0 Å². The van der Waals surface area contributed by atoms with Crippen molar-refractivity contribution in [2.24, 2.45) is 4.99 Å². The summed E-state index contributed by atoms with van der Waals surface area (Å²) < 4.78 is 10.8. The smallest absolute Gasteiger partial charge is 0.191 e. The molecule has 1 aromatic rings. The molecule has 0 aromatic carbocycles. The molecule has 0 aliphatic carbocycles. The van der Waals surface area contributed by atoms with Gasteiger partial charge >= 0.3 is 0 Å². The van der Waals surface area contributed by atoms with Gasteiger partial charge in [-0.3, -0.25) is 4.99 Å². The fourth-order valence-electron chi connectivity index (χ4n) is 3.25. The van der Waals surface area contributed by atoms with E-state index in [4.69, 9.17) is 9.15 Å². The van der Waals surface area contributed by atoms with Gasteiger partial charge in [-0.15, -0.1) is 0 Å². The fraction of sp³-hybridized carbons (Fsp3) is 0.750. The highest BCUT2D eigenvalue weighted by Gasteiger charge is 2.17. The molecule has 1 aromatic heterocycles. The first-order valence-corrected chi connectivity index (χ1v) is 10.2. The fourth-order valence-corrected chi connectivity index (χ4v) is 3.25. The minimum absolute atomic E-state index is 0.532. The molecule has 2 rings (SSSR count). The molecule has 1 fully saturated rings. The molecule has 0 amide bonds. The van der Waals surface area contributed by atoms with Crippen molar-refractivity contribution in [1.29, 1.82) is 0 Å². The maximum absolute atomic E-state index is 5.59. The zero-order valence-corrected chi connectivity index (χ0v) is 16.5. The number of piperidine rings is 1. The number of hydrogen-bond acceptors (Lipinski definition) is 4. The van der Waals surface area contributed by atoms with Crippen LogP contribution < -0.4 is 10.6 Å². The van der Waals surface area contributed by atoms with Crippen molar-refractivity contribution in [3.05, 3.63) is 24.2 Å². The maximum Gasteiger partial charge on any atom is 0.191 e. The van der Waals surface area contributed by atoms with Gasteiger partial charge in [-0.05, 0) is 58.2 Å². The molecule has 6 nitrogen and oxygen atoms in total. The van der Waals surface area contributed by atoms with Crippen LogP contribution in [0.2, 0.25) is 0 Å². The minimum atomic E-state index is 0.532. The monoisotopic (exact) mass is 364 g/mol. The van der Waals surface area contributed by atoms with Crippen LogP contribution in [0.1, 0.15) is 51.7 Å². The van der Waals surface area contributed by atoms with E-state index in [2.05, 4.69) is 34.4 Å². The highest BCUT2D eigenvalue weighted by Crippen LogP contribution is 2.15. The summed E-state index contributed by atoms with van der Waals surface area (Å²) in [5.41, 5.74) is 0. The number of hydrogen-bond donors (Lipinski definition) is 2. The van der Waals surface area contributed by atoms with E-state index in [-0.39, 0.29) is 0 Å². The van der Waals surface area contributed by atoms with Crippen LogP contribution in [0.5, 0.6) is 0 Å². The molecular weight excluding hydrogens is 328 g/mol. The third kappa shape index (κ3) is 8.23. The Kier molecular flexibility index (Phi) is 10.2. The highest BCUT2D eigenvalue weighted by atomic mass is 16.5. The van der Waals surface area contributed by atoms with Crippen molar-refractivity contribution >= 4 is 5.96 Å². The van der Waals surface area contributed by atoms with Gasteiger partial charge in [-0.25, -0.2) is 0 Å². The summed E-state index contributed by atoms with van der Waals surface area (Å²) in [6.07, 6.45) is 7.81. The third-order valence-corrected chi connectivity index (χ3v) is 4.74. The maximum atomic E-state index is 5.59. The molecule has 0 saturated carbocycles. The molecule has 26 heavy (non-hydrogen) atoms. The van der Waals surface area contributed by atoms with Crippen LogP contribution in [-0.2, 0) is 11.3 Å². The second kappa shape index (κ2) is 12.8. The Hall–Kier alpha value is -1.53. The molecule has 0 bridgehead atoms. The van der Waals surface area contributed by atoms with Crippen molar-refractivity contribution in [3.8, 4) is 0 Å². The van der Waals surface area contributed by atoms with E-state index in [1.165, 1.54) is 32.4 Å². The molecule has 0 radical (unpaired) electrons. The zero-order valence-electron chi connectivity index (χ0n) is 16.5. The Morgan fingerprint density at radius 2 is 2.27 bits per heavy atom. The molecule has 1 aliphatic rings. The molecule has 2 heterocycles. The van der Waals surface area contributed by atoms with Gasteiger partial charge in [0, 0.05) is 38.8 Å². The minimum Gasteiger partial charge on any atom is -0.467 e. The first-order chi connectivity index (χ1) is 12.8. The highest BCUT2D eigenvalue weighted by molar-refractivity contribution is 5.79. The number of rotatable bonds is 11. The van der Waals surface area contributed by atoms with Crippen LogP contribution in [0.4, 0.5) is 0 Å². The zero-order chi connectivity index (χ0) is 18.5. The average Bonchev–Trinajstić information content (AvgIpc) is 3.16. The Bertz CT molecular complexity index is 490. The quantitative estimate of drug-likeness (QED) is 0.359. The molecule has 1 unspecified atom stereocenters. The van der Waals surface area contributed by atoms with Crippen LogP contribution in [0.25, 0.3) is 0 Å². The van der Waals surface area contributed by atoms with Crippen LogP contribution >= 0.6 is 0 Å².